The van der Waals surface area contributed by atoms with Crippen molar-refractivity contribution in [2.75, 3.05) is 0 Å². The maximum atomic E-state index is 12.9. The van der Waals surface area contributed by atoms with Crippen molar-refractivity contribution in [1.29, 1.82) is 0 Å². The first-order valence-corrected chi connectivity index (χ1v) is 7.78. The van der Waals surface area contributed by atoms with Crippen LogP contribution in [0.15, 0.2) is 30.5 Å². The third-order valence-corrected chi connectivity index (χ3v) is 3.89. The number of carboxylic acid groups (broad SMARTS) is 1. The molecule has 0 aliphatic rings. The number of carbonyl (C=O) groups is 2. The Kier molecular flexibility index (Phi) is 5.38. The number of aliphatic carboxylic acids is 1. The van der Waals surface area contributed by atoms with Crippen molar-refractivity contribution in [3.05, 3.63) is 47.3 Å². The molecule has 2 aromatic rings. The molecular formula is C17H18F3N3O3. The quantitative estimate of drug-likeness (QED) is 0.849. The van der Waals surface area contributed by atoms with E-state index >= 15 is 0 Å². The molecule has 140 valence electrons. The Balaban J connectivity index is 2.33. The van der Waals surface area contributed by atoms with Gasteiger partial charge in [-0.05, 0) is 31.0 Å². The van der Waals surface area contributed by atoms with E-state index < -0.39 is 29.7 Å². The predicted molar refractivity (Wildman–Crippen MR) is 87.0 cm³/mol. The molecule has 0 aliphatic heterocycles. The van der Waals surface area contributed by atoms with Crippen LogP contribution in [0.2, 0.25) is 0 Å². The molecule has 1 aromatic heterocycles. The Morgan fingerprint density at radius 1 is 1.27 bits per heavy atom. The minimum Gasteiger partial charge on any atom is -0.480 e. The number of rotatable bonds is 5. The number of hydrogen-bond acceptors (Lipinski definition) is 3. The highest BCUT2D eigenvalue weighted by atomic mass is 19.4. The molecular weight excluding hydrogens is 351 g/mol. The van der Waals surface area contributed by atoms with Crippen LogP contribution in [0.5, 0.6) is 0 Å². The number of carbonyl (C=O) groups excluding carboxylic acids is 1. The first kappa shape index (κ1) is 19.5. The van der Waals surface area contributed by atoms with Gasteiger partial charge in [-0.15, -0.1) is 0 Å². The summed E-state index contributed by atoms with van der Waals surface area (Å²) in [6.07, 6.45) is -3.30. The molecule has 0 aliphatic carbocycles. The van der Waals surface area contributed by atoms with Gasteiger partial charge in [0.1, 0.15) is 6.04 Å². The van der Waals surface area contributed by atoms with Crippen molar-refractivity contribution in [2.45, 2.75) is 33.0 Å². The molecule has 0 saturated heterocycles. The van der Waals surface area contributed by atoms with E-state index in [0.29, 0.717) is 5.69 Å². The van der Waals surface area contributed by atoms with Gasteiger partial charge >= 0.3 is 12.1 Å². The topological polar surface area (TPSA) is 84.2 Å². The zero-order chi connectivity index (χ0) is 19.6. The number of aromatic nitrogens is 2. The van der Waals surface area contributed by atoms with Crippen LogP contribution < -0.4 is 5.32 Å². The van der Waals surface area contributed by atoms with Crippen LogP contribution in [0.4, 0.5) is 13.2 Å². The molecule has 2 N–H and O–H groups in total. The lowest BCUT2D eigenvalue weighted by atomic mass is 10.0. The Hall–Kier alpha value is -2.84. The first-order chi connectivity index (χ1) is 12.0. The number of benzene rings is 1. The molecule has 1 atom stereocenters. The predicted octanol–water partition coefficient (Wildman–Crippen LogP) is 3.04. The molecule has 26 heavy (non-hydrogen) atoms. The van der Waals surface area contributed by atoms with Crippen LogP contribution in [0.25, 0.3) is 5.69 Å². The third-order valence-electron chi connectivity index (χ3n) is 3.89. The van der Waals surface area contributed by atoms with Gasteiger partial charge in [0.15, 0.2) is 0 Å². The zero-order valence-electron chi connectivity index (χ0n) is 14.3. The van der Waals surface area contributed by atoms with E-state index in [1.807, 2.05) is 0 Å². The number of carboxylic acids is 1. The van der Waals surface area contributed by atoms with Crippen molar-refractivity contribution < 1.29 is 27.9 Å². The summed E-state index contributed by atoms with van der Waals surface area (Å²) in [4.78, 5) is 23.6. The molecule has 0 saturated carbocycles. The molecule has 0 spiro atoms. The van der Waals surface area contributed by atoms with Crippen molar-refractivity contribution >= 4 is 11.9 Å². The molecule has 0 radical (unpaired) electrons. The SMILES string of the molecule is Cc1c(C(=O)N[C@@H](C(=O)O)C(C)C)cnn1-c1cccc(C(F)(F)F)c1. The maximum absolute atomic E-state index is 12.9. The van der Waals surface area contributed by atoms with Gasteiger partial charge in [0.2, 0.25) is 0 Å². The Morgan fingerprint density at radius 2 is 1.92 bits per heavy atom. The summed E-state index contributed by atoms with van der Waals surface area (Å²) in [5.74, 6) is -2.16. The molecule has 2 rings (SSSR count). The number of hydrogen-bond donors (Lipinski definition) is 2. The number of nitrogens with zero attached hydrogens (tertiary/aromatic N) is 2. The van der Waals surface area contributed by atoms with E-state index in [1.54, 1.807) is 13.8 Å². The Bertz CT molecular complexity index is 828. The second-order valence-electron chi connectivity index (χ2n) is 6.14. The second-order valence-corrected chi connectivity index (χ2v) is 6.14. The van der Waals surface area contributed by atoms with Gasteiger partial charge in [-0.3, -0.25) is 4.79 Å². The van der Waals surface area contributed by atoms with Crippen molar-refractivity contribution in [2.24, 2.45) is 5.92 Å². The van der Waals surface area contributed by atoms with Gasteiger partial charge in [-0.25, -0.2) is 9.48 Å². The van der Waals surface area contributed by atoms with E-state index in [9.17, 15) is 22.8 Å². The van der Waals surface area contributed by atoms with Gasteiger partial charge in [0, 0.05) is 0 Å². The summed E-state index contributed by atoms with van der Waals surface area (Å²) < 4.78 is 39.8. The van der Waals surface area contributed by atoms with E-state index in [0.717, 1.165) is 12.1 Å². The number of amides is 1. The minimum atomic E-state index is -4.50. The highest BCUT2D eigenvalue weighted by Gasteiger charge is 2.31. The van der Waals surface area contributed by atoms with Gasteiger partial charge in [0.25, 0.3) is 5.91 Å². The lowest BCUT2D eigenvalue weighted by molar-refractivity contribution is -0.140. The van der Waals surface area contributed by atoms with Gasteiger partial charge < -0.3 is 10.4 Å². The number of nitrogens with one attached hydrogen (secondary N) is 1. The maximum Gasteiger partial charge on any atom is 0.416 e. The van der Waals surface area contributed by atoms with Crippen LogP contribution in [0, 0.1) is 12.8 Å². The molecule has 6 nitrogen and oxygen atoms in total. The third kappa shape index (κ3) is 4.04. The van der Waals surface area contributed by atoms with Crippen LogP contribution in [-0.4, -0.2) is 32.8 Å². The number of alkyl halides is 3. The van der Waals surface area contributed by atoms with Crippen molar-refractivity contribution in [3.63, 3.8) is 0 Å². The van der Waals surface area contributed by atoms with Crippen LogP contribution in [0.3, 0.4) is 0 Å². The fraction of sp³-hybridized carbons (Fsp3) is 0.353. The Morgan fingerprint density at radius 3 is 2.46 bits per heavy atom. The van der Waals surface area contributed by atoms with Crippen LogP contribution in [0.1, 0.15) is 35.5 Å². The summed E-state index contributed by atoms with van der Waals surface area (Å²) in [6.45, 7) is 4.82. The zero-order valence-corrected chi connectivity index (χ0v) is 14.3. The first-order valence-electron chi connectivity index (χ1n) is 7.78. The summed E-state index contributed by atoms with van der Waals surface area (Å²) in [7, 11) is 0. The van der Waals surface area contributed by atoms with E-state index in [4.69, 9.17) is 5.11 Å². The van der Waals surface area contributed by atoms with Crippen molar-refractivity contribution in [1.82, 2.24) is 15.1 Å². The average molecular weight is 369 g/mol. The lowest BCUT2D eigenvalue weighted by Crippen LogP contribution is -2.44. The van der Waals surface area contributed by atoms with E-state index in [1.165, 1.54) is 29.9 Å². The van der Waals surface area contributed by atoms with E-state index in [2.05, 4.69) is 10.4 Å². The Labute approximate surface area is 147 Å². The summed E-state index contributed by atoms with van der Waals surface area (Å²) in [5, 5.41) is 15.5. The fourth-order valence-corrected chi connectivity index (χ4v) is 2.44. The lowest BCUT2D eigenvalue weighted by Gasteiger charge is -2.17. The molecule has 0 unspecified atom stereocenters. The summed E-state index contributed by atoms with van der Waals surface area (Å²) in [5.41, 5.74) is -0.291. The molecule has 1 heterocycles. The normalized spacial score (nSPS) is 12.9. The minimum absolute atomic E-state index is 0.0920. The average Bonchev–Trinajstić information content (AvgIpc) is 2.92. The molecule has 0 bridgehead atoms. The molecule has 9 heteroatoms. The molecule has 1 aromatic carbocycles. The smallest absolute Gasteiger partial charge is 0.416 e. The fourth-order valence-electron chi connectivity index (χ4n) is 2.44. The summed E-state index contributed by atoms with van der Waals surface area (Å²) >= 11 is 0. The van der Waals surface area contributed by atoms with Gasteiger partial charge in [-0.1, -0.05) is 19.9 Å². The van der Waals surface area contributed by atoms with Crippen LogP contribution >= 0.6 is 0 Å². The summed E-state index contributed by atoms with van der Waals surface area (Å²) in [6, 6.07) is 3.47. The van der Waals surface area contributed by atoms with Gasteiger partial charge in [0.05, 0.1) is 28.7 Å². The standard InChI is InChI=1S/C17H18F3N3O3/c1-9(2)14(16(25)26)22-15(24)13-8-21-23(10(13)3)12-6-4-5-11(7-12)17(18,19)20/h4-9,14H,1-3H3,(H,22,24)(H,25,26)/t14-/m1/s1. The highest BCUT2D eigenvalue weighted by molar-refractivity contribution is 5.97. The van der Waals surface area contributed by atoms with Crippen LogP contribution in [-0.2, 0) is 11.0 Å². The monoisotopic (exact) mass is 369 g/mol. The van der Waals surface area contributed by atoms with E-state index in [-0.39, 0.29) is 17.2 Å². The van der Waals surface area contributed by atoms with Gasteiger partial charge in [-0.2, -0.15) is 18.3 Å². The second kappa shape index (κ2) is 7.19. The molecule has 1 amide bonds. The van der Waals surface area contributed by atoms with Crippen molar-refractivity contribution in [3.8, 4) is 5.69 Å². The number of halogens is 3. The molecule has 0 fully saturated rings. The largest absolute Gasteiger partial charge is 0.480 e. The highest BCUT2D eigenvalue weighted by Crippen LogP contribution is 2.30.